The highest BCUT2D eigenvalue weighted by atomic mass is 32.2. The summed E-state index contributed by atoms with van der Waals surface area (Å²) >= 11 is 0. The van der Waals surface area contributed by atoms with Crippen LogP contribution in [0.4, 0.5) is 50.9 Å². The predicted octanol–water partition coefficient (Wildman–Crippen LogP) is 3.42. The lowest BCUT2D eigenvalue weighted by Crippen LogP contribution is -2.64. The number of para-hydroxylation sites is 2. The number of halogens is 9. The van der Waals surface area contributed by atoms with E-state index in [-0.39, 0.29) is 6.61 Å². The molecule has 0 aliphatic heterocycles. The molecule has 192 valence electrons. The zero-order chi connectivity index (χ0) is 26.8. The van der Waals surface area contributed by atoms with Gasteiger partial charge in [0.05, 0.1) is 17.4 Å². The van der Waals surface area contributed by atoms with Gasteiger partial charge in [-0.1, -0.05) is 12.1 Å². The lowest BCUT2D eigenvalue weighted by molar-refractivity contribution is -0.382. The summed E-state index contributed by atoms with van der Waals surface area (Å²) in [5.74, 6) is -18.1. The minimum Gasteiger partial charge on any atom is -0.457 e. The molecule has 0 aliphatic rings. The number of hydrazone groups is 1. The van der Waals surface area contributed by atoms with Crippen LogP contribution in [0, 0.1) is 10.1 Å². The van der Waals surface area contributed by atoms with Gasteiger partial charge in [0.1, 0.15) is 5.69 Å². The molecule has 20 heteroatoms. The molecule has 0 spiro atoms. The van der Waals surface area contributed by atoms with Crippen molar-refractivity contribution < 1.29 is 62.4 Å². The van der Waals surface area contributed by atoms with Crippen molar-refractivity contribution in [1.29, 1.82) is 0 Å². The summed E-state index contributed by atoms with van der Waals surface area (Å²) in [6.45, 7) is 0.902. The Morgan fingerprint density at radius 3 is 1.97 bits per heavy atom. The van der Waals surface area contributed by atoms with Crippen molar-refractivity contribution in [2.45, 2.75) is 30.2 Å². The average molecular weight is 534 g/mol. The first kappa shape index (κ1) is 28.7. The second-order valence-corrected chi connectivity index (χ2v) is 7.56. The van der Waals surface area contributed by atoms with Crippen LogP contribution in [0.5, 0.6) is 0 Å². The largest absolute Gasteiger partial charge is 0.473 e. The first-order valence-electron chi connectivity index (χ1n) is 8.21. The molecule has 0 unspecified atom stereocenters. The van der Waals surface area contributed by atoms with Crippen LogP contribution in [-0.2, 0) is 19.6 Å². The zero-order valence-corrected chi connectivity index (χ0v) is 17.0. The summed E-state index contributed by atoms with van der Waals surface area (Å²) in [5, 5.41) is 6.75. The van der Waals surface area contributed by atoms with Gasteiger partial charge in [-0.2, -0.15) is 53.4 Å². The van der Waals surface area contributed by atoms with E-state index in [1.165, 1.54) is 6.92 Å². The highest BCUT2D eigenvalue weighted by Gasteiger charge is 2.85. The number of amidine groups is 1. The van der Waals surface area contributed by atoms with Crippen LogP contribution in [0.3, 0.4) is 0 Å². The number of sulfonamides is 1. The number of benzene rings is 1. The summed E-state index contributed by atoms with van der Waals surface area (Å²) in [4.78, 5) is 20.9. The number of alkyl halides is 9. The third kappa shape index (κ3) is 5.25. The maximum Gasteiger partial charge on any atom is 0.473 e. The molecule has 0 bridgehead atoms. The van der Waals surface area contributed by atoms with Crippen LogP contribution >= 0.6 is 0 Å². The number of rotatable bonds is 8. The Balaban J connectivity index is 3.41. The van der Waals surface area contributed by atoms with Crippen molar-refractivity contribution in [2.24, 2.45) is 5.10 Å². The number of nitrogens with zero attached hydrogens (tertiary/aromatic N) is 2. The fourth-order valence-electron chi connectivity index (χ4n) is 1.88. The Kier molecular flexibility index (Phi) is 8.03. The molecule has 0 radical (unpaired) electrons. The van der Waals surface area contributed by atoms with E-state index in [4.69, 9.17) is 0 Å². The number of hydrogen-bond donors (Lipinski definition) is 2. The van der Waals surface area contributed by atoms with E-state index in [9.17, 15) is 62.8 Å². The first-order chi connectivity index (χ1) is 15.2. The number of ether oxygens (including phenoxy) is 1. The number of esters is 1. The monoisotopic (exact) mass is 534 g/mol. The summed E-state index contributed by atoms with van der Waals surface area (Å²) in [6, 6.07) is 3.09. The quantitative estimate of drug-likeness (QED) is 0.130. The molecule has 0 aromatic heterocycles. The molecule has 0 saturated carbocycles. The standard InChI is InChI=1S/C14H11F9N4O6S/c1-2-33-10(28)9(27(29)30)25-24-7-5-3-4-6-8(7)26-34(31,32)14(22,23)12(17,18)11(15,16)13(19,20)21/h3-6,24,26H,2H2,1H3/b25-9+. The van der Waals surface area contributed by atoms with Gasteiger partial charge in [0.15, 0.2) is 0 Å². The third-order valence-corrected chi connectivity index (χ3v) is 4.96. The molecule has 0 heterocycles. The topological polar surface area (TPSA) is 140 Å². The van der Waals surface area contributed by atoms with Crippen molar-refractivity contribution in [3.8, 4) is 0 Å². The molecule has 34 heavy (non-hydrogen) atoms. The van der Waals surface area contributed by atoms with Crippen molar-refractivity contribution in [1.82, 2.24) is 0 Å². The van der Waals surface area contributed by atoms with Crippen LogP contribution in [0.1, 0.15) is 6.92 Å². The minimum absolute atomic E-state index is 0.353. The smallest absolute Gasteiger partial charge is 0.457 e. The molecule has 0 atom stereocenters. The van der Waals surface area contributed by atoms with Crippen LogP contribution in [0.25, 0.3) is 0 Å². The number of hydrogen-bond acceptors (Lipinski definition) is 8. The van der Waals surface area contributed by atoms with Crippen LogP contribution in [0.15, 0.2) is 29.4 Å². The molecule has 0 amide bonds. The summed E-state index contributed by atoms with van der Waals surface area (Å²) < 4.78 is 146. The molecule has 1 rings (SSSR count). The fourth-order valence-corrected chi connectivity index (χ4v) is 2.94. The molecule has 0 saturated heterocycles. The predicted molar refractivity (Wildman–Crippen MR) is 94.6 cm³/mol. The highest BCUT2D eigenvalue weighted by molar-refractivity contribution is 7.93. The van der Waals surface area contributed by atoms with Gasteiger partial charge in [0.2, 0.25) is 0 Å². The number of nitrogens with one attached hydrogen (secondary N) is 2. The minimum atomic E-state index is -7.48. The van der Waals surface area contributed by atoms with E-state index in [1.54, 1.807) is 5.43 Å². The molecule has 2 N–H and O–H groups in total. The van der Waals surface area contributed by atoms with E-state index in [1.807, 2.05) is 0 Å². The number of anilines is 2. The van der Waals surface area contributed by atoms with Crippen LogP contribution in [0.2, 0.25) is 0 Å². The number of carbonyl (C=O) groups excluding carboxylic acids is 1. The van der Waals surface area contributed by atoms with Crippen molar-refractivity contribution in [3.05, 3.63) is 34.4 Å². The van der Waals surface area contributed by atoms with Crippen molar-refractivity contribution in [2.75, 3.05) is 16.8 Å². The summed E-state index contributed by atoms with van der Waals surface area (Å²) in [7, 11) is -7.04. The van der Waals surface area contributed by atoms with Crippen molar-refractivity contribution >= 4 is 33.2 Å². The molecule has 10 nitrogen and oxygen atoms in total. The summed E-state index contributed by atoms with van der Waals surface area (Å²) in [6.07, 6.45) is -7.25. The number of nitro groups is 1. The van der Waals surface area contributed by atoms with Gasteiger partial charge in [0.25, 0.3) is 0 Å². The highest BCUT2D eigenvalue weighted by Crippen LogP contribution is 2.54. The van der Waals surface area contributed by atoms with E-state index >= 15 is 0 Å². The maximum atomic E-state index is 13.9. The maximum absolute atomic E-state index is 13.9. The van der Waals surface area contributed by atoms with Gasteiger partial charge in [0, 0.05) is 0 Å². The van der Waals surface area contributed by atoms with Crippen LogP contribution < -0.4 is 10.1 Å². The molecule has 1 aromatic carbocycles. The Hall–Kier alpha value is -3.32. The van der Waals surface area contributed by atoms with E-state index in [0.29, 0.717) is 10.8 Å². The molecular formula is C14H11F9N4O6S. The average Bonchev–Trinajstić information content (AvgIpc) is 2.67. The van der Waals surface area contributed by atoms with Gasteiger partial charge < -0.3 is 14.9 Å². The Morgan fingerprint density at radius 2 is 1.53 bits per heavy atom. The van der Waals surface area contributed by atoms with Gasteiger partial charge in [-0.15, -0.1) is 0 Å². The zero-order valence-electron chi connectivity index (χ0n) is 16.2. The van der Waals surface area contributed by atoms with E-state index in [0.717, 1.165) is 18.2 Å². The first-order valence-corrected chi connectivity index (χ1v) is 9.69. The Labute approximate surface area is 182 Å². The SMILES string of the molecule is CCOC(=O)/C(=N\Nc1ccccc1NS(=O)(=O)C(F)(F)C(F)(F)C(F)(F)C(F)(F)F)[N+](=O)[O-]. The van der Waals surface area contributed by atoms with Gasteiger partial charge >= 0.3 is 45.1 Å². The Morgan fingerprint density at radius 1 is 1.03 bits per heavy atom. The summed E-state index contributed by atoms with van der Waals surface area (Å²) in [5.41, 5.74) is -0.396. The van der Waals surface area contributed by atoms with Gasteiger partial charge in [-0.3, -0.25) is 4.72 Å². The second-order valence-electron chi connectivity index (χ2n) is 5.84. The molecule has 0 aliphatic carbocycles. The van der Waals surface area contributed by atoms with Gasteiger partial charge in [-0.25, -0.2) is 4.79 Å². The van der Waals surface area contributed by atoms with Crippen molar-refractivity contribution in [3.63, 3.8) is 0 Å². The second kappa shape index (κ2) is 9.50. The number of carbonyl (C=O) groups is 1. The lowest BCUT2D eigenvalue weighted by atomic mass is 10.1. The fraction of sp³-hybridized carbons (Fsp3) is 0.429. The van der Waals surface area contributed by atoms with Gasteiger partial charge in [-0.05, 0) is 24.0 Å². The molecule has 0 fully saturated rings. The van der Waals surface area contributed by atoms with E-state index in [2.05, 4.69) is 9.84 Å². The lowest BCUT2D eigenvalue weighted by Gasteiger charge is -2.33. The Bertz CT molecular complexity index is 1080. The molecular weight excluding hydrogens is 523 g/mol. The normalized spacial score (nSPS) is 13.9. The van der Waals surface area contributed by atoms with Crippen LogP contribution in [-0.4, -0.2) is 55.0 Å². The third-order valence-electron chi connectivity index (χ3n) is 3.54. The van der Waals surface area contributed by atoms with E-state index < -0.39 is 61.4 Å². The molecule has 1 aromatic rings.